The molecule has 0 amide bonds. The van der Waals surface area contributed by atoms with E-state index in [0.29, 0.717) is 28.1 Å². The van der Waals surface area contributed by atoms with Crippen LogP contribution in [0.1, 0.15) is 22.8 Å². The van der Waals surface area contributed by atoms with E-state index >= 15 is 0 Å². The normalized spacial score (nSPS) is 10.8. The number of nitrogens with one attached hydrogen (secondary N) is 1. The number of anilines is 2. The topological polar surface area (TPSA) is 73.2 Å². The van der Waals surface area contributed by atoms with Gasteiger partial charge in [0.05, 0.1) is 29.3 Å². The molecule has 156 valence electrons. The smallest absolute Gasteiger partial charge is 0.337 e. The maximum atomic E-state index is 13.4. The summed E-state index contributed by atoms with van der Waals surface area (Å²) in [5.41, 5.74) is 3.20. The largest absolute Gasteiger partial charge is 0.465 e. The molecule has 0 aliphatic rings. The minimum atomic E-state index is -0.481. The van der Waals surface area contributed by atoms with E-state index in [9.17, 15) is 9.59 Å². The van der Waals surface area contributed by atoms with E-state index < -0.39 is 5.97 Å². The maximum absolute atomic E-state index is 13.4. The Kier molecular flexibility index (Phi) is 5.86. The highest BCUT2D eigenvalue weighted by Crippen LogP contribution is 2.23. The second-order valence-electron chi connectivity index (χ2n) is 6.95. The van der Waals surface area contributed by atoms with Crippen molar-refractivity contribution in [2.24, 2.45) is 0 Å². The van der Waals surface area contributed by atoms with Crippen LogP contribution in [0.25, 0.3) is 16.6 Å². The monoisotopic (exact) mass is 477 g/mol. The maximum Gasteiger partial charge on any atom is 0.337 e. The third-order valence-electron chi connectivity index (χ3n) is 4.99. The lowest BCUT2D eigenvalue weighted by Gasteiger charge is -2.15. The Labute approximate surface area is 187 Å². The summed E-state index contributed by atoms with van der Waals surface area (Å²) >= 11 is 3.43. The molecular formula is C24H20BrN3O3. The first-order valence-corrected chi connectivity index (χ1v) is 10.6. The summed E-state index contributed by atoms with van der Waals surface area (Å²) in [5, 5.41) is 3.66. The fourth-order valence-corrected chi connectivity index (χ4v) is 3.56. The molecule has 4 rings (SSSR count). The van der Waals surface area contributed by atoms with E-state index in [1.807, 2.05) is 48.5 Å². The van der Waals surface area contributed by atoms with Crippen LogP contribution in [0.5, 0.6) is 0 Å². The molecule has 1 aromatic heterocycles. The van der Waals surface area contributed by atoms with Gasteiger partial charge in [-0.15, -0.1) is 0 Å². The molecule has 0 aliphatic carbocycles. The third-order valence-corrected chi connectivity index (χ3v) is 5.52. The molecule has 4 aromatic rings. The zero-order valence-electron chi connectivity index (χ0n) is 17.1. The molecule has 0 radical (unpaired) electrons. The van der Waals surface area contributed by atoms with Crippen molar-refractivity contribution in [1.82, 2.24) is 9.55 Å². The van der Waals surface area contributed by atoms with Crippen LogP contribution in [0.2, 0.25) is 0 Å². The lowest BCUT2D eigenvalue weighted by Crippen LogP contribution is -2.23. The Morgan fingerprint density at radius 3 is 2.42 bits per heavy atom. The van der Waals surface area contributed by atoms with Gasteiger partial charge >= 0.3 is 5.97 Å². The van der Waals surface area contributed by atoms with Gasteiger partial charge in [-0.2, -0.15) is 0 Å². The average Bonchev–Trinajstić information content (AvgIpc) is 2.80. The van der Waals surface area contributed by atoms with E-state index in [-0.39, 0.29) is 5.56 Å². The second-order valence-corrected chi connectivity index (χ2v) is 7.87. The Balaban J connectivity index is 1.92. The van der Waals surface area contributed by atoms with Crippen LogP contribution in [-0.2, 0) is 11.2 Å². The molecule has 7 heteroatoms. The van der Waals surface area contributed by atoms with Crippen LogP contribution in [-0.4, -0.2) is 22.6 Å². The molecule has 1 N–H and O–H groups in total. The molecule has 0 spiro atoms. The number of aromatic nitrogens is 2. The van der Waals surface area contributed by atoms with E-state index in [0.717, 1.165) is 16.6 Å². The van der Waals surface area contributed by atoms with Crippen molar-refractivity contribution in [3.63, 3.8) is 0 Å². The van der Waals surface area contributed by atoms with Crippen molar-refractivity contribution in [3.05, 3.63) is 92.7 Å². The number of fused-ring (bicyclic) bond motifs is 1. The fraction of sp³-hybridized carbons (Fsp3) is 0.125. The molecule has 1 heterocycles. The number of hydrogen-bond donors (Lipinski definition) is 1. The Hall–Kier alpha value is -3.45. The van der Waals surface area contributed by atoms with Gasteiger partial charge in [-0.3, -0.25) is 4.79 Å². The minimum absolute atomic E-state index is 0.239. The second kappa shape index (κ2) is 8.73. The summed E-state index contributed by atoms with van der Waals surface area (Å²) in [6, 6.07) is 20.1. The molecule has 6 nitrogen and oxygen atoms in total. The molecule has 0 aliphatic heterocycles. The first-order chi connectivity index (χ1) is 15.0. The lowest BCUT2D eigenvalue weighted by atomic mass is 10.1. The standard InChI is InChI=1S/C24H20BrN3O3/c1-3-15-4-9-18(10-5-15)26-24-27-21-14-16(23(30)31-2)6-13-20(21)22(29)28(24)19-11-7-17(25)8-12-19/h4-14H,3H2,1-2H3,(H,26,27). The number of rotatable bonds is 5. The minimum Gasteiger partial charge on any atom is -0.465 e. The van der Waals surface area contributed by atoms with Gasteiger partial charge in [0.1, 0.15) is 0 Å². The number of aryl methyl sites for hydroxylation is 1. The number of halogens is 1. The summed E-state index contributed by atoms with van der Waals surface area (Å²) in [5.74, 6) is -0.128. The Bertz CT molecular complexity index is 1310. The zero-order chi connectivity index (χ0) is 22.0. The number of carbonyl (C=O) groups excluding carboxylic acids is 1. The molecule has 0 bridgehead atoms. The molecule has 0 saturated carbocycles. The summed E-state index contributed by atoms with van der Waals surface area (Å²) in [4.78, 5) is 30.1. The van der Waals surface area contributed by atoms with Crippen molar-refractivity contribution < 1.29 is 9.53 Å². The van der Waals surface area contributed by atoms with Gasteiger partial charge in [-0.1, -0.05) is 35.0 Å². The van der Waals surface area contributed by atoms with Crippen LogP contribution >= 0.6 is 15.9 Å². The van der Waals surface area contributed by atoms with E-state index in [4.69, 9.17) is 4.74 Å². The number of carbonyl (C=O) groups is 1. The van der Waals surface area contributed by atoms with Gasteiger partial charge in [-0.05, 0) is 66.6 Å². The van der Waals surface area contributed by atoms with Gasteiger partial charge in [0.15, 0.2) is 0 Å². The number of nitrogens with zero attached hydrogens (tertiary/aromatic N) is 2. The van der Waals surface area contributed by atoms with Crippen molar-refractivity contribution in [1.29, 1.82) is 0 Å². The van der Waals surface area contributed by atoms with Crippen LogP contribution < -0.4 is 10.9 Å². The van der Waals surface area contributed by atoms with Gasteiger partial charge in [0.2, 0.25) is 5.95 Å². The summed E-state index contributed by atoms with van der Waals surface area (Å²) in [7, 11) is 1.32. The van der Waals surface area contributed by atoms with Crippen molar-refractivity contribution in [3.8, 4) is 5.69 Å². The van der Waals surface area contributed by atoms with E-state index in [1.54, 1.807) is 18.2 Å². The zero-order valence-corrected chi connectivity index (χ0v) is 18.6. The highest BCUT2D eigenvalue weighted by molar-refractivity contribution is 9.10. The van der Waals surface area contributed by atoms with E-state index in [1.165, 1.54) is 17.2 Å². The molecule has 0 saturated heterocycles. The lowest BCUT2D eigenvalue weighted by molar-refractivity contribution is 0.0601. The van der Waals surface area contributed by atoms with Crippen molar-refractivity contribution >= 4 is 44.4 Å². The predicted octanol–water partition coefficient (Wildman–Crippen LogP) is 5.24. The van der Waals surface area contributed by atoms with Crippen LogP contribution in [0.3, 0.4) is 0 Å². The summed E-state index contributed by atoms with van der Waals surface area (Å²) in [6.07, 6.45) is 0.939. The van der Waals surface area contributed by atoms with Gasteiger partial charge < -0.3 is 10.1 Å². The van der Waals surface area contributed by atoms with Crippen molar-refractivity contribution in [2.45, 2.75) is 13.3 Å². The molecule has 3 aromatic carbocycles. The molecular weight excluding hydrogens is 458 g/mol. The van der Waals surface area contributed by atoms with Gasteiger partial charge in [-0.25, -0.2) is 14.3 Å². The van der Waals surface area contributed by atoms with Crippen LogP contribution in [0, 0.1) is 0 Å². The number of esters is 1. The van der Waals surface area contributed by atoms with Crippen LogP contribution in [0.15, 0.2) is 76.0 Å². The highest BCUT2D eigenvalue weighted by Gasteiger charge is 2.15. The predicted molar refractivity (Wildman–Crippen MR) is 125 cm³/mol. The van der Waals surface area contributed by atoms with Gasteiger partial charge in [0.25, 0.3) is 5.56 Å². The van der Waals surface area contributed by atoms with Crippen molar-refractivity contribution in [2.75, 3.05) is 12.4 Å². The Morgan fingerprint density at radius 1 is 1.06 bits per heavy atom. The first kappa shape index (κ1) is 20.8. The fourth-order valence-electron chi connectivity index (χ4n) is 3.30. The van der Waals surface area contributed by atoms with Gasteiger partial charge in [0, 0.05) is 10.2 Å². The highest BCUT2D eigenvalue weighted by atomic mass is 79.9. The molecule has 0 unspecified atom stereocenters. The number of benzene rings is 3. The third kappa shape index (κ3) is 4.22. The average molecular weight is 478 g/mol. The number of hydrogen-bond acceptors (Lipinski definition) is 5. The van der Waals surface area contributed by atoms with E-state index in [2.05, 4.69) is 33.2 Å². The molecule has 31 heavy (non-hydrogen) atoms. The Morgan fingerprint density at radius 2 is 1.77 bits per heavy atom. The SMILES string of the molecule is CCc1ccc(Nc2nc3cc(C(=O)OC)ccc3c(=O)n2-c2ccc(Br)cc2)cc1. The molecule has 0 fully saturated rings. The number of ether oxygens (including phenoxy) is 1. The summed E-state index contributed by atoms with van der Waals surface area (Å²) < 4.78 is 7.23. The molecule has 0 atom stereocenters. The first-order valence-electron chi connectivity index (χ1n) is 9.77. The quantitative estimate of drug-likeness (QED) is 0.397. The summed E-state index contributed by atoms with van der Waals surface area (Å²) in [6.45, 7) is 2.09. The van der Waals surface area contributed by atoms with Crippen LogP contribution in [0.4, 0.5) is 11.6 Å². The number of methoxy groups -OCH3 is 1.